The van der Waals surface area contributed by atoms with E-state index in [1.807, 2.05) is 0 Å². The number of fused-ring (bicyclic) bond motifs is 1. The lowest BCUT2D eigenvalue weighted by atomic mass is 9.87. The predicted octanol–water partition coefficient (Wildman–Crippen LogP) is -1.90. The normalized spacial score (nSPS) is 27.7. The number of aliphatic hydroxyl groups is 3. The summed E-state index contributed by atoms with van der Waals surface area (Å²) in [6.45, 7) is 2.24. The standard InChI is InChI=1S/C26H48N7O17P3S/c1-4-15(34)5-7-26(27)20-22(30-13-32-26)33(14-31-20)24-18(36)19(49-51(39,40)41)16(48-24)11-46-52(42,43)50-53(44,45)47-12-25(2,3)21(37)23(38)29-8-6-17(35)28-9-10-54/h13,15-16,18-19,21,24,34,36-37,54H,4-12,14,27H2,1-3H3,(H,28,35)(H,29,38)(H,42,43)(H,44,45)(H2,39,40,41)/t15?,16-,18-,19-,21+,24-,26?/m1/s1. The number of aliphatic imine (C=N–C) groups is 3. The second-order valence-corrected chi connectivity index (χ2v) is 17.7. The molecule has 28 heteroatoms. The number of carbonyl (C=O) groups is 2. The Morgan fingerprint density at radius 1 is 1.15 bits per heavy atom. The molecule has 2 amide bonds. The molecule has 9 atom stereocenters. The number of hydrogen-bond donors (Lipinski definition) is 11. The predicted molar refractivity (Wildman–Crippen MR) is 191 cm³/mol. The van der Waals surface area contributed by atoms with Crippen LogP contribution in [0.2, 0.25) is 0 Å². The first-order chi connectivity index (χ1) is 24.9. The summed E-state index contributed by atoms with van der Waals surface area (Å²) >= 11 is 3.96. The molecule has 0 radical (unpaired) electrons. The van der Waals surface area contributed by atoms with Gasteiger partial charge in [-0.1, -0.05) is 20.8 Å². The molecule has 0 aromatic carbocycles. The van der Waals surface area contributed by atoms with Crippen molar-refractivity contribution in [1.29, 1.82) is 0 Å². The van der Waals surface area contributed by atoms with Crippen molar-refractivity contribution in [2.45, 2.75) is 88.9 Å². The van der Waals surface area contributed by atoms with Crippen LogP contribution in [0, 0.1) is 5.41 Å². The van der Waals surface area contributed by atoms with Gasteiger partial charge in [0.2, 0.25) is 11.8 Å². The minimum Gasteiger partial charge on any atom is -0.393 e. The second kappa shape index (κ2) is 19.1. The van der Waals surface area contributed by atoms with Crippen LogP contribution in [0.3, 0.4) is 0 Å². The summed E-state index contributed by atoms with van der Waals surface area (Å²) in [6, 6.07) is 0. The maximum absolute atomic E-state index is 12.7. The number of thiol groups is 1. The van der Waals surface area contributed by atoms with E-state index in [4.69, 9.17) is 24.0 Å². The van der Waals surface area contributed by atoms with Gasteiger partial charge in [0, 0.05) is 30.7 Å². The molecule has 0 aromatic rings. The molecule has 3 rings (SSSR count). The zero-order valence-electron chi connectivity index (χ0n) is 29.5. The van der Waals surface area contributed by atoms with Gasteiger partial charge in [0.1, 0.15) is 43.1 Å². The van der Waals surface area contributed by atoms with Gasteiger partial charge < -0.3 is 60.9 Å². The van der Waals surface area contributed by atoms with E-state index in [1.54, 1.807) is 6.92 Å². The molecule has 4 unspecified atom stereocenters. The molecule has 1 fully saturated rings. The molecular weight excluding hydrogens is 807 g/mol. The summed E-state index contributed by atoms with van der Waals surface area (Å²) in [4.78, 5) is 77.5. The van der Waals surface area contributed by atoms with Gasteiger partial charge >= 0.3 is 23.5 Å². The van der Waals surface area contributed by atoms with Crippen LogP contribution in [0.1, 0.15) is 46.5 Å². The number of nitrogens with two attached hydrogens (primary N) is 1. The van der Waals surface area contributed by atoms with Crippen LogP contribution in [0.4, 0.5) is 0 Å². The topological polar surface area (TPSA) is 364 Å². The summed E-state index contributed by atoms with van der Waals surface area (Å²) in [5.41, 5.74) is 3.63. The van der Waals surface area contributed by atoms with Gasteiger partial charge in [-0.3, -0.25) is 28.2 Å². The highest BCUT2D eigenvalue weighted by Gasteiger charge is 2.54. The Labute approximate surface area is 315 Å². The van der Waals surface area contributed by atoms with E-state index < -0.39 is 90.4 Å². The number of rotatable bonds is 22. The Morgan fingerprint density at radius 3 is 2.44 bits per heavy atom. The molecule has 310 valence electrons. The monoisotopic (exact) mass is 855 g/mol. The highest BCUT2D eigenvalue weighted by molar-refractivity contribution is 7.80. The third-order valence-electron chi connectivity index (χ3n) is 8.23. The zero-order chi connectivity index (χ0) is 40.7. The quantitative estimate of drug-likeness (QED) is 0.0418. The van der Waals surface area contributed by atoms with Crippen LogP contribution >= 0.6 is 36.1 Å². The van der Waals surface area contributed by atoms with E-state index >= 15 is 0 Å². The fourth-order valence-corrected chi connectivity index (χ4v) is 8.16. The van der Waals surface area contributed by atoms with Crippen LogP contribution in [-0.2, 0) is 45.9 Å². The van der Waals surface area contributed by atoms with Crippen molar-refractivity contribution in [2.75, 3.05) is 38.7 Å². The lowest BCUT2D eigenvalue weighted by Gasteiger charge is -2.32. The van der Waals surface area contributed by atoms with Crippen LogP contribution in [0.15, 0.2) is 15.0 Å². The van der Waals surface area contributed by atoms with E-state index in [0.29, 0.717) is 18.7 Å². The fourth-order valence-electron chi connectivity index (χ4n) is 5.22. The van der Waals surface area contributed by atoms with Crippen molar-refractivity contribution in [3.63, 3.8) is 0 Å². The summed E-state index contributed by atoms with van der Waals surface area (Å²) < 4.78 is 61.4. The average molecular weight is 856 g/mol. The van der Waals surface area contributed by atoms with E-state index in [0.717, 1.165) is 6.34 Å². The molecule has 0 aliphatic carbocycles. The Balaban J connectivity index is 1.62. The summed E-state index contributed by atoms with van der Waals surface area (Å²) in [5, 5.41) is 36.5. The third kappa shape index (κ3) is 13.2. The summed E-state index contributed by atoms with van der Waals surface area (Å²) in [6.07, 6.45) is -7.64. The van der Waals surface area contributed by atoms with Crippen LogP contribution in [0.5, 0.6) is 0 Å². The molecule has 54 heavy (non-hydrogen) atoms. The highest BCUT2D eigenvalue weighted by Crippen LogP contribution is 2.61. The lowest BCUT2D eigenvalue weighted by molar-refractivity contribution is -0.137. The molecule has 0 bridgehead atoms. The number of nitrogens with zero attached hydrogens (tertiary/aromatic N) is 4. The van der Waals surface area contributed by atoms with Crippen molar-refractivity contribution in [2.24, 2.45) is 26.1 Å². The highest BCUT2D eigenvalue weighted by atomic mass is 32.1. The van der Waals surface area contributed by atoms with Gasteiger partial charge in [-0.15, -0.1) is 0 Å². The smallest absolute Gasteiger partial charge is 0.393 e. The van der Waals surface area contributed by atoms with Crippen LogP contribution in [0.25, 0.3) is 0 Å². The third-order valence-corrected chi connectivity index (χ3v) is 11.6. The van der Waals surface area contributed by atoms with Crippen molar-refractivity contribution in [3.05, 3.63) is 0 Å². The largest absolute Gasteiger partial charge is 0.481 e. The second-order valence-electron chi connectivity index (χ2n) is 13.1. The molecule has 3 aliphatic rings. The molecule has 3 heterocycles. The van der Waals surface area contributed by atoms with E-state index in [-0.39, 0.29) is 49.9 Å². The molecule has 3 aliphatic heterocycles. The first-order valence-electron chi connectivity index (χ1n) is 16.4. The number of nitrogens with one attached hydrogen (secondary N) is 2. The summed E-state index contributed by atoms with van der Waals surface area (Å²) in [7, 11) is -16.4. The molecule has 0 aromatic heterocycles. The number of carbonyl (C=O) groups excluding carboxylic acids is 2. The minimum atomic E-state index is -5.57. The van der Waals surface area contributed by atoms with Crippen molar-refractivity contribution >= 4 is 65.8 Å². The van der Waals surface area contributed by atoms with Gasteiger partial charge in [0.25, 0.3) is 0 Å². The van der Waals surface area contributed by atoms with Gasteiger partial charge in [-0.05, 0) is 19.3 Å². The van der Waals surface area contributed by atoms with Gasteiger partial charge in [-0.2, -0.15) is 16.9 Å². The number of amides is 2. The van der Waals surface area contributed by atoms with Crippen molar-refractivity contribution in [3.8, 4) is 0 Å². The Bertz CT molecular complexity index is 1580. The summed E-state index contributed by atoms with van der Waals surface area (Å²) in [5.74, 6) is -0.844. The molecule has 11 N–H and O–H groups in total. The van der Waals surface area contributed by atoms with E-state index in [9.17, 15) is 58.2 Å². The fraction of sp³-hybridized carbons (Fsp3) is 0.808. The Kier molecular flexibility index (Phi) is 16.5. The maximum Gasteiger partial charge on any atom is 0.481 e. The molecule has 1 saturated heterocycles. The Morgan fingerprint density at radius 2 is 1.81 bits per heavy atom. The molecule has 0 saturated carbocycles. The van der Waals surface area contributed by atoms with E-state index in [1.165, 1.54) is 18.7 Å². The number of hydrogen-bond acceptors (Lipinski definition) is 19. The molecule has 24 nitrogen and oxygen atoms in total. The number of phosphoric ester groups is 3. The lowest BCUT2D eigenvalue weighted by Crippen LogP contribution is -2.55. The number of phosphoric acid groups is 3. The first kappa shape index (κ1) is 46.7. The van der Waals surface area contributed by atoms with E-state index in [2.05, 4.69) is 42.6 Å². The maximum atomic E-state index is 12.7. The van der Waals surface area contributed by atoms with Crippen molar-refractivity contribution in [1.82, 2.24) is 15.5 Å². The number of aliphatic hydroxyl groups excluding tert-OH is 3. The SMILES string of the molecule is CCC(O)CCC1(N)N=CN=C2C1=NCN2[C@@H]1O[C@H](COP(=O)(O)OP(=O)(O)OCC(C)(C)[C@@H](O)C(=O)NCCC(=O)NCCS)[C@@H](OP(=O)(O)O)[C@H]1O. The van der Waals surface area contributed by atoms with Crippen molar-refractivity contribution < 1.29 is 80.8 Å². The minimum absolute atomic E-state index is 0.0754. The average Bonchev–Trinajstić information content (AvgIpc) is 3.64. The van der Waals surface area contributed by atoms with Gasteiger partial charge in [-0.25, -0.2) is 23.7 Å². The van der Waals surface area contributed by atoms with Crippen LogP contribution in [-0.4, -0.2) is 151 Å². The van der Waals surface area contributed by atoms with Gasteiger partial charge in [0.05, 0.1) is 19.3 Å². The molecular formula is C26H48N7O17P3S. The molecule has 0 spiro atoms. The Hall–Kier alpha value is -1.73. The zero-order valence-corrected chi connectivity index (χ0v) is 33.1. The first-order valence-corrected chi connectivity index (χ1v) is 21.6. The van der Waals surface area contributed by atoms with Gasteiger partial charge in [0.15, 0.2) is 17.7 Å². The number of amidine groups is 1. The number of ether oxygens (including phenoxy) is 1. The van der Waals surface area contributed by atoms with Crippen LogP contribution < -0.4 is 16.4 Å².